The van der Waals surface area contributed by atoms with E-state index in [2.05, 4.69) is 6.58 Å². The van der Waals surface area contributed by atoms with Gasteiger partial charge < -0.3 is 9.84 Å². The van der Waals surface area contributed by atoms with E-state index in [1.807, 2.05) is 6.92 Å². The SMILES string of the molecule is C=C1CC(O)[C@H]2C(C)C(=O)O[C@@H]2C2C(C)C(=O)CC12. The van der Waals surface area contributed by atoms with Crippen LogP contribution in [-0.2, 0) is 14.3 Å². The quantitative estimate of drug-likeness (QED) is 0.529. The maximum Gasteiger partial charge on any atom is 0.309 e. The molecule has 3 rings (SSSR count). The Bertz CT molecular complexity index is 455. The molecule has 1 saturated heterocycles. The lowest BCUT2D eigenvalue weighted by Gasteiger charge is -2.29. The minimum Gasteiger partial charge on any atom is -0.461 e. The van der Waals surface area contributed by atoms with Gasteiger partial charge in [0.05, 0.1) is 12.0 Å². The lowest BCUT2D eigenvalue weighted by molar-refractivity contribution is -0.147. The smallest absolute Gasteiger partial charge is 0.309 e. The van der Waals surface area contributed by atoms with Crippen molar-refractivity contribution in [3.05, 3.63) is 12.2 Å². The predicted octanol–water partition coefficient (Wildman–Crippen LogP) is 1.33. The number of esters is 1. The van der Waals surface area contributed by atoms with Gasteiger partial charge in [-0.1, -0.05) is 26.0 Å². The first-order valence-corrected chi connectivity index (χ1v) is 7.00. The lowest BCUT2D eigenvalue weighted by Crippen LogP contribution is -2.37. The van der Waals surface area contributed by atoms with Gasteiger partial charge in [-0.05, 0) is 12.3 Å². The van der Waals surface area contributed by atoms with Crippen molar-refractivity contribution < 1.29 is 19.4 Å². The molecule has 5 unspecified atom stereocenters. The number of hydrogen-bond donors (Lipinski definition) is 1. The standard InChI is InChI=1S/C15H20O4/c1-6-4-11(17)13-8(3)15(18)19-14(13)12-7(2)10(16)5-9(6)12/h7-9,11-14,17H,1,4-5H2,2-3H3/t7?,8?,9?,11?,12?,13-,14-/m1/s1. The summed E-state index contributed by atoms with van der Waals surface area (Å²) in [7, 11) is 0. The number of aliphatic hydroxyl groups excluding tert-OH is 1. The van der Waals surface area contributed by atoms with Gasteiger partial charge in [0, 0.05) is 24.2 Å². The number of fused-ring (bicyclic) bond motifs is 3. The zero-order valence-electron chi connectivity index (χ0n) is 11.3. The molecule has 3 aliphatic rings. The maximum atomic E-state index is 12.0. The Kier molecular flexibility index (Phi) is 2.82. The second-order valence-corrected chi connectivity index (χ2v) is 6.34. The lowest BCUT2D eigenvalue weighted by atomic mass is 9.77. The fraction of sp³-hybridized carbons (Fsp3) is 0.733. The summed E-state index contributed by atoms with van der Waals surface area (Å²) in [5, 5.41) is 10.3. The number of ketones is 1. The van der Waals surface area contributed by atoms with Crippen LogP contribution in [0.3, 0.4) is 0 Å². The minimum atomic E-state index is -0.591. The van der Waals surface area contributed by atoms with E-state index in [1.54, 1.807) is 6.92 Å². The average molecular weight is 264 g/mol. The van der Waals surface area contributed by atoms with Crippen molar-refractivity contribution in [1.82, 2.24) is 0 Å². The zero-order valence-corrected chi connectivity index (χ0v) is 11.3. The Morgan fingerprint density at radius 1 is 1.16 bits per heavy atom. The van der Waals surface area contributed by atoms with Crippen molar-refractivity contribution in [1.29, 1.82) is 0 Å². The second kappa shape index (κ2) is 4.17. The molecule has 0 spiro atoms. The number of hydrogen-bond acceptors (Lipinski definition) is 4. The molecule has 1 N–H and O–H groups in total. The molecule has 1 heterocycles. The fourth-order valence-corrected chi connectivity index (χ4v) is 4.24. The molecule has 4 nitrogen and oxygen atoms in total. The number of carbonyl (C=O) groups is 2. The molecule has 0 radical (unpaired) electrons. The molecule has 4 heteroatoms. The van der Waals surface area contributed by atoms with Gasteiger partial charge in [0.1, 0.15) is 11.9 Å². The van der Waals surface area contributed by atoms with Crippen LogP contribution in [0.15, 0.2) is 12.2 Å². The first kappa shape index (κ1) is 12.9. The number of ether oxygens (including phenoxy) is 1. The molecule has 2 aliphatic carbocycles. The highest BCUT2D eigenvalue weighted by atomic mass is 16.6. The number of Topliss-reactive ketones (excluding diaryl/α,β-unsaturated/α-hetero) is 1. The normalized spacial score (nSPS) is 49.6. The highest BCUT2D eigenvalue weighted by Crippen LogP contribution is 2.51. The van der Waals surface area contributed by atoms with Gasteiger partial charge in [-0.2, -0.15) is 0 Å². The second-order valence-electron chi connectivity index (χ2n) is 6.34. The van der Waals surface area contributed by atoms with Crippen LogP contribution < -0.4 is 0 Å². The molecule has 19 heavy (non-hydrogen) atoms. The molecule has 0 aromatic heterocycles. The Morgan fingerprint density at radius 2 is 1.84 bits per heavy atom. The summed E-state index contributed by atoms with van der Waals surface area (Å²) in [5.74, 6) is -0.574. The van der Waals surface area contributed by atoms with E-state index in [1.165, 1.54) is 0 Å². The Labute approximate surface area is 112 Å². The molecule has 1 aliphatic heterocycles. The highest BCUT2D eigenvalue weighted by Gasteiger charge is 2.57. The van der Waals surface area contributed by atoms with Crippen molar-refractivity contribution in [2.75, 3.05) is 0 Å². The largest absolute Gasteiger partial charge is 0.461 e. The summed E-state index contributed by atoms with van der Waals surface area (Å²) in [6, 6.07) is 0. The molecule has 0 aromatic carbocycles. The molecule has 104 valence electrons. The molecule has 0 amide bonds. The third kappa shape index (κ3) is 1.69. The molecule has 0 aromatic rings. The summed E-state index contributed by atoms with van der Waals surface area (Å²) in [4.78, 5) is 23.8. The van der Waals surface area contributed by atoms with Crippen molar-refractivity contribution in [2.24, 2.45) is 29.6 Å². The third-order valence-electron chi connectivity index (χ3n) is 5.37. The van der Waals surface area contributed by atoms with Gasteiger partial charge in [0.15, 0.2) is 0 Å². The van der Waals surface area contributed by atoms with Gasteiger partial charge in [0.2, 0.25) is 0 Å². The van der Waals surface area contributed by atoms with Crippen molar-refractivity contribution in [2.45, 2.75) is 38.9 Å². The summed E-state index contributed by atoms with van der Waals surface area (Å²) in [6.07, 6.45) is 0.0330. The molecular weight excluding hydrogens is 244 g/mol. The first-order valence-electron chi connectivity index (χ1n) is 7.00. The first-order chi connectivity index (χ1) is 8.91. The molecule has 0 bridgehead atoms. The third-order valence-corrected chi connectivity index (χ3v) is 5.37. The molecule has 7 atom stereocenters. The van der Waals surface area contributed by atoms with Crippen molar-refractivity contribution in [3.63, 3.8) is 0 Å². The van der Waals surface area contributed by atoms with Crippen LogP contribution in [0, 0.1) is 29.6 Å². The van der Waals surface area contributed by atoms with E-state index in [0.29, 0.717) is 12.8 Å². The summed E-state index contributed by atoms with van der Waals surface area (Å²) >= 11 is 0. The van der Waals surface area contributed by atoms with E-state index in [-0.39, 0.29) is 47.4 Å². The zero-order chi connectivity index (χ0) is 13.9. The van der Waals surface area contributed by atoms with Gasteiger partial charge >= 0.3 is 5.97 Å². The number of rotatable bonds is 0. The van der Waals surface area contributed by atoms with E-state index >= 15 is 0 Å². The number of carbonyl (C=O) groups excluding carboxylic acids is 2. The van der Waals surface area contributed by atoms with Crippen LogP contribution in [0.2, 0.25) is 0 Å². The topological polar surface area (TPSA) is 63.6 Å². The monoisotopic (exact) mass is 264 g/mol. The Morgan fingerprint density at radius 3 is 2.53 bits per heavy atom. The van der Waals surface area contributed by atoms with Crippen LogP contribution in [0.1, 0.15) is 26.7 Å². The van der Waals surface area contributed by atoms with Crippen molar-refractivity contribution >= 4 is 11.8 Å². The van der Waals surface area contributed by atoms with Crippen LogP contribution in [0.5, 0.6) is 0 Å². The van der Waals surface area contributed by atoms with Gasteiger partial charge in [-0.15, -0.1) is 0 Å². The average Bonchev–Trinajstić information content (AvgIpc) is 2.75. The summed E-state index contributed by atoms with van der Waals surface area (Å²) in [6.45, 7) is 7.77. The number of aliphatic hydroxyl groups is 1. The van der Waals surface area contributed by atoms with Gasteiger partial charge in [-0.25, -0.2) is 0 Å². The summed E-state index contributed by atoms with van der Waals surface area (Å²) in [5.41, 5.74) is 0.938. The predicted molar refractivity (Wildman–Crippen MR) is 68.1 cm³/mol. The van der Waals surface area contributed by atoms with E-state index in [0.717, 1.165) is 5.57 Å². The van der Waals surface area contributed by atoms with Gasteiger partial charge in [0.25, 0.3) is 0 Å². The maximum absolute atomic E-state index is 12.0. The van der Waals surface area contributed by atoms with Crippen LogP contribution in [-0.4, -0.2) is 29.1 Å². The van der Waals surface area contributed by atoms with Crippen molar-refractivity contribution in [3.8, 4) is 0 Å². The van der Waals surface area contributed by atoms with E-state index < -0.39 is 6.10 Å². The summed E-state index contributed by atoms with van der Waals surface area (Å²) < 4.78 is 5.52. The van der Waals surface area contributed by atoms with Crippen LogP contribution in [0.25, 0.3) is 0 Å². The van der Waals surface area contributed by atoms with Gasteiger partial charge in [-0.3, -0.25) is 9.59 Å². The highest BCUT2D eigenvalue weighted by molar-refractivity contribution is 5.84. The Hall–Kier alpha value is -1.16. The van der Waals surface area contributed by atoms with E-state index in [9.17, 15) is 14.7 Å². The van der Waals surface area contributed by atoms with E-state index in [4.69, 9.17) is 4.74 Å². The molecule has 3 fully saturated rings. The Balaban J connectivity index is 2.03. The minimum absolute atomic E-state index is 0.00366. The van der Waals surface area contributed by atoms with Crippen LogP contribution >= 0.6 is 0 Å². The fourth-order valence-electron chi connectivity index (χ4n) is 4.24. The molecule has 2 saturated carbocycles. The van der Waals surface area contributed by atoms with Crippen LogP contribution in [0.4, 0.5) is 0 Å². The molecular formula is C15H20O4.